The monoisotopic (exact) mass is 343 g/mol. The van der Waals surface area contributed by atoms with Gasteiger partial charge in [0, 0.05) is 44.2 Å². The van der Waals surface area contributed by atoms with Crippen molar-refractivity contribution in [3.05, 3.63) is 21.8 Å². The molecule has 0 amide bonds. The molecule has 0 aromatic carbocycles. The largest absolute Gasteiger partial charge is 0.368 e. The van der Waals surface area contributed by atoms with Crippen LogP contribution < -0.4 is 4.90 Å². The molecule has 3 rings (SSSR count). The van der Waals surface area contributed by atoms with Gasteiger partial charge in [0.25, 0.3) is 5.92 Å². The summed E-state index contributed by atoms with van der Waals surface area (Å²) >= 11 is 5.96. The fraction of sp³-hybridized carbons (Fsp3) is 0.600. The minimum absolute atomic E-state index is 0.178. The molecule has 5 nitrogen and oxygen atoms in total. The highest BCUT2D eigenvalue weighted by molar-refractivity contribution is 6.30. The lowest BCUT2D eigenvalue weighted by Gasteiger charge is -2.41. The van der Waals surface area contributed by atoms with Crippen LogP contribution in [0.15, 0.2) is 0 Å². The van der Waals surface area contributed by atoms with Crippen molar-refractivity contribution < 1.29 is 18.6 Å². The number of hydrogen-bond donors (Lipinski definition) is 1. The van der Waals surface area contributed by atoms with E-state index in [0.29, 0.717) is 30.9 Å². The molecule has 23 heavy (non-hydrogen) atoms. The summed E-state index contributed by atoms with van der Waals surface area (Å²) in [6.07, 6.45) is -0.492. The number of pyridine rings is 1. The number of alkyl halides is 2. The van der Waals surface area contributed by atoms with Crippen molar-refractivity contribution in [2.24, 2.45) is 5.92 Å². The molecule has 8 heteroatoms. The Morgan fingerprint density at radius 2 is 2.26 bits per heavy atom. The third kappa shape index (κ3) is 2.75. The Kier molecular flexibility index (Phi) is 4.17. The number of aliphatic hydroxyl groups excluding tert-OH is 1. The Morgan fingerprint density at radius 3 is 2.87 bits per heavy atom. The van der Waals surface area contributed by atoms with Crippen LogP contribution in [0.4, 0.5) is 14.6 Å². The molecular weight excluding hydrogens is 328 g/mol. The van der Waals surface area contributed by atoms with E-state index in [0.717, 1.165) is 0 Å². The van der Waals surface area contributed by atoms with Crippen LogP contribution >= 0.6 is 11.6 Å². The van der Waals surface area contributed by atoms with E-state index in [1.165, 1.54) is 7.11 Å². The molecule has 1 aromatic heterocycles. The Labute approximate surface area is 137 Å². The maximum atomic E-state index is 14.1. The lowest BCUT2D eigenvalue weighted by atomic mass is 9.94. The van der Waals surface area contributed by atoms with Gasteiger partial charge in [-0.15, -0.1) is 0 Å². The van der Waals surface area contributed by atoms with E-state index < -0.39 is 12.2 Å². The van der Waals surface area contributed by atoms with Crippen LogP contribution in [0, 0.1) is 17.2 Å². The molecule has 0 bridgehead atoms. The normalized spacial score (nSPS) is 20.8. The SMILES string of the molecule is COC(O)CC1CN(c2nc(Cl)c(C#N)c3c2CCC3(F)F)C1. The van der Waals surface area contributed by atoms with Crippen molar-refractivity contribution >= 4 is 17.4 Å². The molecule has 0 spiro atoms. The van der Waals surface area contributed by atoms with Crippen LogP contribution in [0.2, 0.25) is 5.15 Å². The van der Waals surface area contributed by atoms with Gasteiger partial charge in [-0.3, -0.25) is 0 Å². The number of rotatable bonds is 4. The highest BCUT2D eigenvalue weighted by atomic mass is 35.5. The number of methoxy groups -OCH3 is 1. The van der Waals surface area contributed by atoms with Crippen molar-refractivity contribution in [2.45, 2.75) is 31.5 Å². The standard InChI is InChI=1S/C15H16ClF2N3O2/c1-23-11(22)4-8-6-21(7-8)14-9-2-3-15(17,18)12(9)10(5-19)13(16)20-14/h8,11,22H,2-4,6-7H2,1H3. The highest BCUT2D eigenvalue weighted by Gasteiger charge is 2.45. The van der Waals surface area contributed by atoms with Gasteiger partial charge in [-0.2, -0.15) is 5.26 Å². The maximum Gasteiger partial charge on any atom is 0.275 e. The zero-order valence-electron chi connectivity index (χ0n) is 12.5. The predicted molar refractivity (Wildman–Crippen MR) is 79.5 cm³/mol. The van der Waals surface area contributed by atoms with E-state index >= 15 is 0 Å². The Hall–Kier alpha value is -1.49. The summed E-state index contributed by atoms with van der Waals surface area (Å²) in [4.78, 5) is 6.04. The first-order valence-electron chi connectivity index (χ1n) is 7.34. The molecule has 1 saturated heterocycles. The number of anilines is 1. The maximum absolute atomic E-state index is 14.1. The minimum Gasteiger partial charge on any atom is -0.368 e. The summed E-state index contributed by atoms with van der Waals surface area (Å²) in [5, 5.41) is 18.4. The first kappa shape index (κ1) is 16.4. The van der Waals surface area contributed by atoms with Crippen molar-refractivity contribution in [1.29, 1.82) is 5.26 Å². The van der Waals surface area contributed by atoms with Crippen molar-refractivity contribution in [3.63, 3.8) is 0 Å². The molecule has 1 aromatic rings. The molecule has 1 N–H and O–H groups in total. The van der Waals surface area contributed by atoms with Gasteiger partial charge >= 0.3 is 0 Å². The average Bonchev–Trinajstić information content (AvgIpc) is 2.78. The van der Waals surface area contributed by atoms with Crippen LogP contribution in [0.5, 0.6) is 0 Å². The van der Waals surface area contributed by atoms with E-state index in [1.54, 1.807) is 6.07 Å². The van der Waals surface area contributed by atoms with Crippen LogP contribution in [0.25, 0.3) is 0 Å². The minimum atomic E-state index is -3.04. The van der Waals surface area contributed by atoms with Gasteiger partial charge in [0.2, 0.25) is 0 Å². The highest BCUT2D eigenvalue weighted by Crippen LogP contribution is 2.48. The molecule has 1 atom stereocenters. The smallest absolute Gasteiger partial charge is 0.275 e. The van der Waals surface area contributed by atoms with Crippen LogP contribution in [-0.2, 0) is 17.1 Å². The molecule has 1 fully saturated rings. The van der Waals surface area contributed by atoms with E-state index in [1.807, 2.05) is 4.90 Å². The molecule has 2 heterocycles. The van der Waals surface area contributed by atoms with Gasteiger partial charge in [0.05, 0.1) is 5.56 Å². The van der Waals surface area contributed by atoms with Gasteiger partial charge in [0.1, 0.15) is 17.0 Å². The lowest BCUT2D eigenvalue weighted by molar-refractivity contribution is -0.0889. The number of aliphatic hydroxyl groups is 1. The summed E-state index contributed by atoms with van der Waals surface area (Å²) in [5.41, 5.74) is -0.0724. The number of hydrogen-bond acceptors (Lipinski definition) is 5. The summed E-state index contributed by atoms with van der Waals surface area (Å²) in [6, 6.07) is 1.75. The van der Waals surface area contributed by atoms with Gasteiger partial charge in [-0.05, 0) is 12.3 Å². The van der Waals surface area contributed by atoms with Crippen molar-refractivity contribution in [3.8, 4) is 6.07 Å². The second-order valence-corrected chi connectivity index (χ2v) is 6.33. The molecule has 0 radical (unpaired) electrons. The number of ether oxygens (including phenoxy) is 1. The number of halogens is 3. The number of fused-ring (bicyclic) bond motifs is 1. The van der Waals surface area contributed by atoms with E-state index in [9.17, 15) is 13.9 Å². The molecule has 1 aliphatic carbocycles. The average molecular weight is 344 g/mol. The van der Waals surface area contributed by atoms with Crippen LogP contribution in [0.3, 0.4) is 0 Å². The zero-order chi connectivity index (χ0) is 16.8. The van der Waals surface area contributed by atoms with Crippen LogP contribution in [-0.4, -0.2) is 36.6 Å². The fourth-order valence-electron chi connectivity index (χ4n) is 3.27. The molecule has 124 valence electrons. The van der Waals surface area contributed by atoms with Crippen molar-refractivity contribution in [2.75, 3.05) is 25.1 Å². The Bertz CT molecular complexity index is 672. The lowest BCUT2D eigenvalue weighted by Crippen LogP contribution is -2.49. The summed E-state index contributed by atoms with van der Waals surface area (Å²) in [5.74, 6) is -2.40. The van der Waals surface area contributed by atoms with Gasteiger partial charge < -0.3 is 14.7 Å². The van der Waals surface area contributed by atoms with Crippen molar-refractivity contribution in [1.82, 2.24) is 4.98 Å². The Balaban J connectivity index is 1.88. The summed E-state index contributed by atoms with van der Waals surface area (Å²) in [6.45, 7) is 1.18. The second-order valence-electron chi connectivity index (χ2n) is 5.97. The third-order valence-electron chi connectivity index (χ3n) is 4.46. The first-order chi connectivity index (χ1) is 10.9. The fourth-order valence-corrected chi connectivity index (χ4v) is 3.48. The zero-order valence-corrected chi connectivity index (χ0v) is 13.3. The summed E-state index contributed by atoms with van der Waals surface area (Å²) < 4.78 is 33.1. The summed E-state index contributed by atoms with van der Waals surface area (Å²) in [7, 11) is 1.43. The van der Waals surface area contributed by atoms with Crippen LogP contribution in [0.1, 0.15) is 29.5 Å². The first-order valence-corrected chi connectivity index (χ1v) is 7.71. The van der Waals surface area contributed by atoms with E-state index in [-0.39, 0.29) is 35.0 Å². The quantitative estimate of drug-likeness (QED) is 0.671. The van der Waals surface area contributed by atoms with Gasteiger partial charge in [0.15, 0.2) is 6.29 Å². The number of nitriles is 1. The molecule has 1 unspecified atom stereocenters. The molecule has 0 saturated carbocycles. The Morgan fingerprint density at radius 1 is 1.57 bits per heavy atom. The van der Waals surface area contributed by atoms with E-state index in [2.05, 4.69) is 4.98 Å². The molecular formula is C15H16ClF2N3O2. The number of aromatic nitrogens is 1. The van der Waals surface area contributed by atoms with E-state index in [4.69, 9.17) is 21.6 Å². The van der Waals surface area contributed by atoms with Gasteiger partial charge in [-0.1, -0.05) is 11.6 Å². The number of nitrogens with zero attached hydrogens (tertiary/aromatic N) is 3. The molecule has 1 aliphatic heterocycles. The third-order valence-corrected chi connectivity index (χ3v) is 4.74. The molecule has 2 aliphatic rings. The topological polar surface area (TPSA) is 69.4 Å². The predicted octanol–water partition coefficient (Wildman–Crippen LogP) is 2.44. The van der Waals surface area contributed by atoms with Gasteiger partial charge in [-0.25, -0.2) is 13.8 Å². The second kappa shape index (κ2) is 5.86.